The van der Waals surface area contributed by atoms with Crippen LogP contribution in [0.15, 0.2) is 11.6 Å². The number of rotatable bonds is 15. The molecule has 0 amide bonds. The van der Waals surface area contributed by atoms with Crippen molar-refractivity contribution in [3.63, 3.8) is 0 Å². The van der Waals surface area contributed by atoms with Crippen LogP contribution in [-0.4, -0.2) is 298 Å². The molecule has 0 aromatic rings. The number of fused-ring (bicyclic) bond motifs is 7. The van der Waals surface area contributed by atoms with Crippen molar-refractivity contribution in [3.8, 4) is 0 Å². The molecule has 4 saturated carbocycles. The highest BCUT2D eigenvalue weighted by Gasteiger charge is 2.71. The number of aliphatic hydroxyl groups excluding tert-OH is 15. The summed E-state index contributed by atoms with van der Waals surface area (Å²) in [6, 6.07) is 0. The fourth-order valence-corrected chi connectivity index (χ4v) is 18.5. The van der Waals surface area contributed by atoms with Gasteiger partial charge in [0.2, 0.25) is 6.29 Å². The molecule has 31 heteroatoms. The minimum absolute atomic E-state index is 0.0356. The van der Waals surface area contributed by atoms with Gasteiger partial charge < -0.3 is 143 Å². The molecular weight excluding hydrogens is 1250 g/mol. The van der Waals surface area contributed by atoms with E-state index in [1.807, 2.05) is 0 Å². The molecule has 11 rings (SSSR count). The maximum absolute atomic E-state index is 15.5. The first-order valence-electron chi connectivity index (χ1n) is 32.9. The molecule has 0 unspecified atom stereocenters. The van der Waals surface area contributed by atoms with E-state index in [0.29, 0.717) is 57.8 Å². The molecule has 6 aliphatic heterocycles. The molecule has 11 aliphatic rings. The van der Waals surface area contributed by atoms with E-state index in [1.165, 1.54) is 6.92 Å². The van der Waals surface area contributed by atoms with E-state index in [2.05, 4.69) is 40.7 Å². The predicted octanol–water partition coefficient (Wildman–Crippen LogP) is -4.17. The molecule has 0 aromatic heterocycles. The van der Waals surface area contributed by atoms with Gasteiger partial charge in [0.15, 0.2) is 43.7 Å². The molecular formula is C63H98O31. The quantitative estimate of drug-likeness (QED) is 0.0320. The number of allylic oxidation sites excluding steroid dienone is 2. The van der Waals surface area contributed by atoms with Gasteiger partial charge in [-0.15, -0.1) is 0 Å². The second-order valence-corrected chi connectivity index (χ2v) is 30.2. The summed E-state index contributed by atoms with van der Waals surface area (Å²) in [4.78, 5) is 41.8. The van der Waals surface area contributed by atoms with Crippen LogP contribution in [0.5, 0.6) is 0 Å². The Bertz CT molecular complexity index is 2730. The molecule has 6 saturated heterocycles. The van der Waals surface area contributed by atoms with Crippen molar-refractivity contribution in [2.45, 2.75) is 285 Å². The van der Waals surface area contributed by atoms with Gasteiger partial charge in [-0.05, 0) is 111 Å². The number of carboxylic acid groups (broad SMARTS) is 1. The third kappa shape index (κ3) is 12.3. The van der Waals surface area contributed by atoms with Crippen molar-refractivity contribution >= 4 is 18.2 Å². The Labute approximate surface area is 542 Å². The van der Waals surface area contributed by atoms with E-state index in [1.54, 1.807) is 6.92 Å². The van der Waals surface area contributed by atoms with Crippen LogP contribution in [0.2, 0.25) is 0 Å². The lowest BCUT2D eigenvalue weighted by atomic mass is 9.33. The van der Waals surface area contributed by atoms with Crippen molar-refractivity contribution in [1.29, 1.82) is 0 Å². The largest absolute Gasteiger partial charge is 0.479 e. The fraction of sp³-hybridized carbons (Fsp3) is 0.921. The van der Waals surface area contributed by atoms with Crippen LogP contribution in [0.4, 0.5) is 0 Å². The van der Waals surface area contributed by atoms with Gasteiger partial charge in [0, 0.05) is 0 Å². The Morgan fingerprint density at radius 2 is 1.11 bits per heavy atom. The first kappa shape index (κ1) is 72.6. The van der Waals surface area contributed by atoms with Crippen LogP contribution in [-0.2, 0) is 71.2 Å². The highest BCUT2D eigenvalue weighted by atomic mass is 16.8. The van der Waals surface area contributed by atoms with Gasteiger partial charge >= 0.3 is 11.9 Å². The summed E-state index contributed by atoms with van der Waals surface area (Å²) in [7, 11) is 0. The van der Waals surface area contributed by atoms with E-state index in [0.717, 1.165) is 11.9 Å². The van der Waals surface area contributed by atoms with Gasteiger partial charge in [0.1, 0.15) is 116 Å². The number of hydrogen-bond acceptors (Lipinski definition) is 30. The number of aliphatic hydroxyl groups is 15. The van der Waals surface area contributed by atoms with Gasteiger partial charge in [0.05, 0.1) is 49.5 Å². The number of aliphatic carboxylic acids is 1. The summed E-state index contributed by atoms with van der Waals surface area (Å²) in [5.74, 6) is -3.00. The van der Waals surface area contributed by atoms with Crippen molar-refractivity contribution in [2.24, 2.45) is 50.2 Å². The molecule has 0 bridgehead atoms. The van der Waals surface area contributed by atoms with Gasteiger partial charge in [-0.3, -0.25) is 4.79 Å². The highest BCUT2D eigenvalue weighted by molar-refractivity contribution is 5.79. The topological polar surface area (TPSA) is 486 Å². The Balaban J connectivity index is 0.791. The maximum Gasteiger partial charge on any atom is 0.335 e. The smallest absolute Gasteiger partial charge is 0.335 e. The fourth-order valence-electron chi connectivity index (χ4n) is 18.5. The van der Waals surface area contributed by atoms with E-state index < -0.39 is 237 Å². The summed E-state index contributed by atoms with van der Waals surface area (Å²) in [6.45, 7) is 12.1. The Morgan fingerprint density at radius 3 is 1.77 bits per heavy atom. The Kier molecular flexibility index (Phi) is 20.8. The summed E-state index contributed by atoms with van der Waals surface area (Å²) in [5, 5.41) is 172. The lowest BCUT2D eigenvalue weighted by Gasteiger charge is -2.71. The average molecular weight is 1350 g/mol. The first-order valence-corrected chi connectivity index (χ1v) is 32.9. The first-order chi connectivity index (χ1) is 44.1. The van der Waals surface area contributed by atoms with E-state index in [4.69, 9.17) is 56.8 Å². The monoisotopic (exact) mass is 1350 g/mol. The zero-order valence-electron chi connectivity index (χ0n) is 53.7. The minimum Gasteiger partial charge on any atom is -0.479 e. The lowest BCUT2D eigenvalue weighted by molar-refractivity contribution is -0.375. The number of carbonyl (C=O) groups is 3. The Morgan fingerprint density at radius 1 is 0.543 bits per heavy atom. The molecule has 16 N–H and O–H groups in total. The molecule has 36 atom stereocenters. The van der Waals surface area contributed by atoms with Gasteiger partial charge in [-0.2, -0.15) is 0 Å². The van der Waals surface area contributed by atoms with Gasteiger partial charge in [-0.1, -0.05) is 53.2 Å². The molecule has 10 fully saturated rings. The Hall–Kier alpha value is -2.69. The third-order valence-electron chi connectivity index (χ3n) is 24.4. The molecule has 5 aliphatic carbocycles. The lowest BCUT2D eigenvalue weighted by Crippen LogP contribution is -2.68. The van der Waals surface area contributed by atoms with Crippen LogP contribution in [0, 0.1) is 50.2 Å². The van der Waals surface area contributed by atoms with Crippen LogP contribution in [0.3, 0.4) is 0 Å². The second kappa shape index (κ2) is 27.0. The summed E-state index contributed by atoms with van der Waals surface area (Å²) < 4.78 is 70.8. The van der Waals surface area contributed by atoms with Crippen molar-refractivity contribution in [2.75, 3.05) is 26.4 Å². The SMILES string of the molecule is C[C@@H]1O[C@H](O[C@@H]2[C@@H](OC(=O)[C@]34CCC(C)(C)C[C@H]3C3=CC[C@H]5[C@]6(C)CC[C@H](O[C@H]7O[C@@H](C(=O)O)[C@H](O)[C@@H](O)[C@@H]7O[C@H]7O[C@@H](CO)[C@H](O)[C@@H](O)[C@@H]7O)[C@@](C)(C=O)[C@H]6CC[C@]5(C)[C@@]3(C)CC4)OC[C@H](O)[C@H]2O)[C@@H](O)[C@H](O)[C@H]1O[C@H]1OC[C@H](O)[C@@H](O[C@H]2OC[C@H](O)[C@@H](O)[C@@H]2O)[C@@H]1O. The standard InChI is InChI=1S/C63H98O31/c1-24-45(89-52-44(79)46(29(68)22-84-52)90-51-41(76)34(69)27(66)20-83-51)40(75)43(78)53(86-24)92-48-35(70)28(67)21-85-55(48)94-57(82)63-16-14-58(2,3)18-26(63)25-8-9-32-59(4)12-11-33(60(5,23-65)31(59)10-13-62(32,7)61(25,6)15-17-63)88-56-49(39(74)38(73)47(91-56)50(80)81)93-54-42(77)37(72)36(71)30(19-64)87-54/h8,23-24,26-49,51-56,64,66-79H,9-22H2,1-7H3,(H,80,81)/t24-,26-,27-,28-,29-,30-,31-,32-,33-,34+,35+,36-,37+,38+,39+,40-,41-,42-,43-,44-,45-,46+,47+,48-,49-,51+,52+,53+,54+,55+,56-,59+,60-,61-,62-,63-/m0/s1. The van der Waals surface area contributed by atoms with Crippen LogP contribution < -0.4 is 0 Å². The molecule has 0 spiro atoms. The predicted molar refractivity (Wildman–Crippen MR) is 310 cm³/mol. The number of carbonyl (C=O) groups excluding carboxylic acids is 2. The van der Waals surface area contributed by atoms with Crippen LogP contribution in [0.25, 0.3) is 0 Å². The van der Waals surface area contributed by atoms with Crippen molar-refractivity contribution in [3.05, 3.63) is 11.6 Å². The number of hydrogen-bond donors (Lipinski definition) is 16. The summed E-state index contributed by atoms with van der Waals surface area (Å²) >= 11 is 0. The number of aldehydes is 1. The third-order valence-corrected chi connectivity index (χ3v) is 24.4. The number of carboxylic acids is 1. The maximum atomic E-state index is 15.5. The number of ether oxygens (including phenoxy) is 12. The molecule has 6 heterocycles. The van der Waals surface area contributed by atoms with Gasteiger partial charge in [-0.25, -0.2) is 4.79 Å². The molecule has 94 heavy (non-hydrogen) atoms. The van der Waals surface area contributed by atoms with E-state index in [9.17, 15) is 91.3 Å². The number of esters is 1. The van der Waals surface area contributed by atoms with E-state index >= 15 is 4.79 Å². The summed E-state index contributed by atoms with van der Waals surface area (Å²) in [6.07, 6.45) is -39.4. The summed E-state index contributed by atoms with van der Waals surface area (Å²) in [5.41, 5.74) is -2.98. The molecule has 0 aromatic carbocycles. The van der Waals surface area contributed by atoms with Crippen LogP contribution in [0.1, 0.15) is 113 Å². The van der Waals surface area contributed by atoms with Crippen LogP contribution >= 0.6 is 0 Å². The molecule has 536 valence electrons. The zero-order chi connectivity index (χ0) is 68.4. The van der Waals surface area contributed by atoms with Crippen molar-refractivity contribution in [1.82, 2.24) is 0 Å². The normalized spacial score (nSPS) is 54.4. The van der Waals surface area contributed by atoms with Gasteiger partial charge in [0.25, 0.3) is 0 Å². The molecule has 0 radical (unpaired) electrons. The van der Waals surface area contributed by atoms with E-state index in [-0.39, 0.29) is 29.6 Å². The molecule has 31 nitrogen and oxygen atoms in total. The second-order valence-electron chi connectivity index (χ2n) is 30.2. The van der Waals surface area contributed by atoms with Crippen molar-refractivity contribution < 1.29 is 153 Å². The average Bonchev–Trinajstić information content (AvgIpc) is 0.674. The zero-order valence-corrected chi connectivity index (χ0v) is 53.7. The highest BCUT2D eigenvalue weighted by Crippen LogP contribution is 2.76. The minimum atomic E-state index is -2.09.